The van der Waals surface area contributed by atoms with E-state index >= 15 is 0 Å². The van der Waals surface area contributed by atoms with Crippen LogP contribution in [0.15, 0.2) is 40.2 Å². The molecule has 0 aliphatic rings. The number of nitrogens with zero attached hydrogens (tertiary/aromatic N) is 3. The Morgan fingerprint density at radius 1 is 1.30 bits per heavy atom. The monoisotopic (exact) mass is 269 g/mol. The first-order valence-electron chi connectivity index (χ1n) is 5.96. The predicted octanol–water partition coefficient (Wildman–Crippen LogP) is 2.36. The summed E-state index contributed by atoms with van der Waals surface area (Å²) < 4.78 is 13.9. The zero-order valence-electron chi connectivity index (χ0n) is 11.1. The van der Waals surface area contributed by atoms with E-state index in [1.165, 1.54) is 18.3 Å². The highest BCUT2D eigenvalue weighted by Crippen LogP contribution is 2.05. The lowest BCUT2D eigenvalue weighted by Gasteiger charge is -2.06. The van der Waals surface area contributed by atoms with Gasteiger partial charge in [0.1, 0.15) is 17.4 Å². The average Bonchev–Trinajstić information content (AvgIpc) is 2.40. The van der Waals surface area contributed by atoms with Gasteiger partial charge in [-0.15, -0.1) is 0 Å². The molecule has 0 saturated carbocycles. The largest absolute Gasteiger partial charge is 0.289 e. The second kappa shape index (κ2) is 5.49. The summed E-state index contributed by atoms with van der Waals surface area (Å²) in [7, 11) is 0. The zero-order valence-corrected chi connectivity index (χ0v) is 11.1. The molecule has 0 unspecified atom stereocenters. The molecule has 0 aliphatic heterocycles. The fourth-order valence-electron chi connectivity index (χ4n) is 1.83. The predicted molar refractivity (Wildman–Crippen MR) is 74.3 cm³/mol. The van der Waals surface area contributed by atoms with Crippen LogP contribution < -0.4 is 5.56 Å². The molecule has 5 heteroatoms. The Bertz CT molecular complexity index is 767. The van der Waals surface area contributed by atoms with E-state index in [0.717, 1.165) is 4.68 Å². The summed E-state index contributed by atoms with van der Waals surface area (Å²) in [4.78, 5) is 12.1. The molecule has 0 radical (unpaired) electrons. The Kier molecular flexibility index (Phi) is 3.76. The quantitative estimate of drug-likeness (QED) is 0.786. The standard InChI is InChI=1S/C15H12FN3O/c1-10-7-11(2)19(15(20)14(10)8-17)18-9-12-3-5-13(16)6-4-12/h3-7,9H,1-2H3/b18-9-. The Balaban J connectivity index is 2.47. The Labute approximate surface area is 115 Å². The minimum Gasteiger partial charge on any atom is -0.266 e. The summed E-state index contributed by atoms with van der Waals surface area (Å²) >= 11 is 0. The molecule has 20 heavy (non-hydrogen) atoms. The third-order valence-corrected chi connectivity index (χ3v) is 2.86. The lowest BCUT2D eigenvalue weighted by Crippen LogP contribution is -2.22. The van der Waals surface area contributed by atoms with E-state index in [0.29, 0.717) is 16.8 Å². The lowest BCUT2D eigenvalue weighted by molar-refractivity contribution is 0.628. The van der Waals surface area contributed by atoms with Crippen molar-refractivity contribution in [2.75, 3.05) is 0 Å². The number of rotatable bonds is 2. The fraction of sp³-hybridized carbons (Fsp3) is 0.133. The molecule has 2 rings (SSSR count). The van der Waals surface area contributed by atoms with Gasteiger partial charge >= 0.3 is 0 Å². The molecule has 0 atom stereocenters. The molecule has 100 valence electrons. The summed E-state index contributed by atoms with van der Waals surface area (Å²) in [5.41, 5.74) is 1.54. The van der Waals surface area contributed by atoms with Crippen LogP contribution >= 0.6 is 0 Å². The Morgan fingerprint density at radius 2 is 1.95 bits per heavy atom. The van der Waals surface area contributed by atoms with Crippen molar-refractivity contribution in [3.05, 3.63) is 68.9 Å². The van der Waals surface area contributed by atoms with Crippen molar-refractivity contribution in [2.45, 2.75) is 13.8 Å². The van der Waals surface area contributed by atoms with Crippen molar-refractivity contribution >= 4 is 6.21 Å². The summed E-state index contributed by atoms with van der Waals surface area (Å²) in [5, 5.41) is 13.0. The van der Waals surface area contributed by atoms with Gasteiger partial charge < -0.3 is 0 Å². The summed E-state index contributed by atoms with van der Waals surface area (Å²) in [5.74, 6) is -0.336. The van der Waals surface area contributed by atoms with Gasteiger partial charge in [-0.25, -0.2) is 9.07 Å². The first kappa shape index (κ1) is 13.7. The van der Waals surface area contributed by atoms with E-state index in [1.807, 2.05) is 6.07 Å². The first-order valence-corrected chi connectivity index (χ1v) is 5.96. The molecule has 1 aromatic carbocycles. The molecule has 1 aromatic heterocycles. The SMILES string of the molecule is Cc1cc(C)n(/N=C\c2ccc(F)cc2)c(=O)c1C#N. The average molecular weight is 269 g/mol. The van der Waals surface area contributed by atoms with Gasteiger partial charge in [0.25, 0.3) is 5.56 Å². The molecule has 1 heterocycles. The molecule has 0 fully saturated rings. The van der Waals surface area contributed by atoms with Crippen LogP contribution in [0.3, 0.4) is 0 Å². The topological polar surface area (TPSA) is 58.1 Å². The Hall–Kier alpha value is -2.74. The van der Waals surface area contributed by atoms with Crippen LogP contribution in [0.25, 0.3) is 0 Å². The van der Waals surface area contributed by atoms with E-state index in [4.69, 9.17) is 5.26 Å². The number of nitriles is 1. The van der Waals surface area contributed by atoms with Crippen molar-refractivity contribution in [1.82, 2.24) is 4.68 Å². The van der Waals surface area contributed by atoms with Gasteiger partial charge in [-0.2, -0.15) is 10.4 Å². The van der Waals surface area contributed by atoms with Gasteiger partial charge in [0.2, 0.25) is 0 Å². The zero-order chi connectivity index (χ0) is 14.7. The van der Waals surface area contributed by atoms with Crippen LogP contribution in [0.1, 0.15) is 22.4 Å². The fourth-order valence-corrected chi connectivity index (χ4v) is 1.83. The molecule has 0 bridgehead atoms. The third kappa shape index (κ3) is 2.64. The van der Waals surface area contributed by atoms with E-state index in [9.17, 15) is 9.18 Å². The highest BCUT2D eigenvalue weighted by atomic mass is 19.1. The maximum absolute atomic E-state index is 12.8. The van der Waals surface area contributed by atoms with Gasteiger partial charge in [0.15, 0.2) is 0 Å². The lowest BCUT2D eigenvalue weighted by atomic mass is 10.1. The van der Waals surface area contributed by atoms with E-state index in [1.54, 1.807) is 32.0 Å². The number of pyridine rings is 1. The van der Waals surface area contributed by atoms with Gasteiger partial charge in [0, 0.05) is 5.69 Å². The smallest absolute Gasteiger partial charge is 0.266 e. The molecule has 0 N–H and O–H groups in total. The number of aryl methyl sites for hydroxylation is 2. The highest BCUT2D eigenvalue weighted by Gasteiger charge is 2.08. The van der Waals surface area contributed by atoms with Crippen LogP contribution in [0.5, 0.6) is 0 Å². The summed E-state index contributed by atoms with van der Waals surface area (Å²) in [6, 6.07) is 9.34. The molecule has 0 amide bonds. The van der Waals surface area contributed by atoms with Crippen LogP contribution in [0.4, 0.5) is 4.39 Å². The van der Waals surface area contributed by atoms with Crippen molar-refractivity contribution in [1.29, 1.82) is 5.26 Å². The normalized spacial score (nSPS) is 10.7. The summed E-state index contributed by atoms with van der Waals surface area (Å²) in [6.45, 7) is 3.44. The number of hydrogen-bond donors (Lipinski definition) is 0. The first-order chi connectivity index (χ1) is 9.52. The number of halogens is 1. The highest BCUT2D eigenvalue weighted by molar-refractivity contribution is 5.79. The molecule has 2 aromatic rings. The van der Waals surface area contributed by atoms with E-state index in [-0.39, 0.29) is 11.4 Å². The third-order valence-electron chi connectivity index (χ3n) is 2.86. The molecular formula is C15H12FN3O. The number of hydrogen-bond acceptors (Lipinski definition) is 3. The minimum atomic E-state index is -0.455. The second-order valence-corrected chi connectivity index (χ2v) is 4.37. The van der Waals surface area contributed by atoms with Crippen molar-refractivity contribution in [3.8, 4) is 6.07 Å². The molecule has 4 nitrogen and oxygen atoms in total. The van der Waals surface area contributed by atoms with Crippen molar-refractivity contribution < 1.29 is 4.39 Å². The molecular weight excluding hydrogens is 257 g/mol. The van der Waals surface area contributed by atoms with E-state index in [2.05, 4.69) is 5.10 Å². The number of aromatic nitrogens is 1. The van der Waals surface area contributed by atoms with Gasteiger partial charge in [-0.3, -0.25) is 4.79 Å². The second-order valence-electron chi connectivity index (χ2n) is 4.37. The molecule has 0 aliphatic carbocycles. The van der Waals surface area contributed by atoms with Crippen LogP contribution in [-0.2, 0) is 0 Å². The Morgan fingerprint density at radius 3 is 2.55 bits per heavy atom. The maximum Gasteiger partial charge on any atom is 0.289 e. The van der Waals surface area contributed by atoms with Crippen molar-refractivity contribution in [2.24, 2.45) is 5.10 Å². The van der Waals surface area contributed by atoms with Gasteiger partial charge in [0.05, 0.1) is 6.21 Å². The van der Waals surface area contributed by atoms with E-state index < -0.39 is 5.56 Å². The minimum absolute atomic E-state index is 0.0758. The van der Waals surface area contributed by atoms with Crippen LogP contribution in [0, 0.1) is 31.0 Å². The summed E-state index contributed by atoms with van der Waals surface area (Å²) in [6.07, 6.45) is 1.45. The van der Waals surface area contributed by atoms with Crippen molar-refractivity contribution in [3.63, 3.8) is 0 Å². The van der Waals surface area contributed by atoms with Gasteiger partial charge in [-0.05, 0) is 43.2 Å². The van der Waals surface area contributed by atoms with Gasteiger partial charge in [-0.1, -0.05) is 12.1 Å². The van der Waals surface area contributed by atoms with Crippen LogP contribution in [-0.4, -0.2) is 10.9 Å². The maximum atomic E-state index is 12.8. The molecule has 0 saturated heterocycles. The van der Waals surface area contributed by atoms with Crippen LogP contribution in [0.2, 0.25) is 0 Å². The molecule has 0 spiro atoms. The number of benzene rings is 1.